The van der Waals surface area contributed by atoms with E-state index in [1.165, 1.54) is 0 Å². The molecule has 0 saturated carbocycles. The molecule has 0 radical (unpaired) electrons. The van der Waals surface area contributed by atoms with Gasteiger partial charge in [-0.25, -0.2) is 0 Å². The molecule has 0 aromatic carbocycles. The standard InChI is InChI=1S/Mo.2O.S. The molecule has 0 aliphatic rings. The van der Waals surface area contributed by atoms with Crippen LogP contribution in [0.15, 0.2) is 0 Å². The molecule has 0 spiro atoms. The molecule has 0 aliphatic carbocycles. The van der Waals surface area contributed by atoms with E-state index < -0.39 is 15.4 Å². The summed E-state index contributed by atoms with van der Waals surface area (Å²) in [5, 5.41) is 0. The fraction of sp³-hybridized carbons (Fsp3) is 0. The van der Waals surface area contributed by atoms with Gasteiger partial charge < -0.3 is 0 Å². The molecule has 4 heteroatoms. The number of hydrogen-bond donors (Lipinski definition) is 0. The van der Waals surface area contributed by atoms with E-state index in [1.807, 2.05) is 0 Å². The summed E-state index contributed by atoms with van der Waals surface area (Å²) in [5.41, 5.74) is 0. The van der Waals surface area contributed by atoms with Crippen LogP contribution in [0.25, 0.3) is 0 Å². The van der Waals surface area contributed by atoms with Gasteiger partial charge in [-0.05, 0) is 0 Å². The summed E-state index contributed by atoms with van der Waals surface area (Å²) in [6.45, 7) is 0. The van der Waals surface area contributed by atoms with E-state index in [-0.39, 0.29) is 0 Å². The van der Waals surface area contributed by atoms with Crippen LogP contribution in [0.5, 0.6) is 0 Å². The number of hydrogen-bond acceptors (Lipinski definition) is 3. The SMILES string of the molecule is [O]=[Mo](=[O])=[S]. The van der Waals surface area contributed by atoms with Crippen LogP contribution >= 0.6 is 9.82 Å². The Hall–Kier alpha value is 0.508. The van der Waals surface area contributed by atoms with Crippen LogP contribution in [-0.4, -0.2) is 0 Å². The zero-order valence-corrected chi connectivity index (χ0v) is 4.46. The van der Waals surface area contributed by atoms with Crippen molar-refractivity contribution in [2.24, 2.45) is 0 Å². The maximum absolute atomic E-state index is 8.96. The van der Waals surface area contributed by atoms with Gasteiger partial charge in [0.25, 0.3) is 0 Å². The molecule has 0 N–H and O–H groups in total. The van der Waals surface area contributed by atoms with Crippen LogP contribution in [0.3, 0.4) is 0 Å². The van der Waals surface area contributed by atoms with Gasteiger partial charge in [-0.1, -0.05) is 0 Å². The molecule has 0 bridgehead atoms. The van der Waals surface area contributed by atoms with E-state index >= 15 is 0 Å². The van der Waals surface area contributed by atoms with Gasteiger partial charge in [0.1, 0.15) is 0 Å². The van der Waals surface area contributed by atoms with E-state index in [9.17, 15) is 0 Å². The van der Waals surface area contributed by atoms with Crippen molar-refractivity contribution in [3.63, 3.8) is 0 Å². The van der Waals surface area contributed by atoms with Gasteiger partial charge in [0.2, 0.25) is 0 Å². The fourth-order valence-electron chi connectivity index (χ4n) is 0. The second-order valence-electron chi connectivity index (χ2n) is 0.204. The summed E-state index contributed by atoms with van der Waals surface area (Å²) in [6.07, 6.45) is 0. The first-order valence-electron chi connectivity index (χ1n) is 0.500. The first kappa shape index (κ1) is 4.51. The molecule has 0 aromatic rings. The molecular formula is MoO2S. The van der Waals surface area contributed by atoms with E-state index in [4.69, 9.17) is 6.80 Å². The molecule has 24 valence electrons. The van der Waals surface area contributed by atoms with E-state index in [0.29, 0.717) is 0 Å². The van der Waals surface area contributed by atoms with Gasteiger partial charge in [0.15, 0.2) is 0 Å². The molecule has 0 aliphatic heterocycles. The van der Waals surface area contributed by atoms with Crippen LogP contribution < -0.4 is 0 Å². The Morgan fingerprint density at radius 1 is 1.50 bits per heavy atom. The Labute approximate surface area is 32.4 Å². The third kappa shape index (κ3) is 22.1. The molecule has 0 aromatic heterocycles. The maximum atomic E-state index is 8.96. The van der Waals surface area contributed by atoms with Crippen LogP contribution in [0, 0.1) is 0 Å². The van der Waals surface area contributed by atoms with Gasteiger partial charge in [-0.3, -0.25) is 0 Å². The Morgan fingerprint density at radius 3 is 1.50 bits per heavy atom. The van der Waals surface area contributed by atoms with Crippen LogP contribution in [0.1, 0.15) is 0 Å². The van der Waals surface area contributed by atoms with Crippen molar-refractivity contribution in [2.75, 3.05) is 0 Å². The number of rotatable bonds is 0. The molecule has 0 atom stereocenters. The van der Waals surface area contributed by atoms with Crippen molar-refractivity contribution < 1.29 is 22.2 Å². The Balaban J connectivity index is 4.65. The van der Waals surface area contributed by atoms with Crippen molar-refractivity contribution in [2.45, 2.75) is 0 Å². The zero-order chi connectivity index (χ0) is 3.58. The molecule has 0 fully saturated rings. The third-order valence-corrected chi connectivity index (χ3v) is 0. The summed E-state index contributed by atoms with van der Waals surface area (Å²) in [6, 6.07) is 0. The van der Waals surface area contributed by atoms with Gasteiger partial charge in [0.05, 0.1) is 0 Å². The van der Waals surface area contributed by atoms with Crippen molar-refractivity contribution in [1.82, 2.24) is 0 Å². The summed E-state index contributed by atoms with van der Waals surface area (Å²) in [7, 11) is 3.68. The van der Waals surface area contributed by atoms with Gasteiger partial charge in [-0.15, -0.1) is 0 Å². The van der Waals surface area contributed by atoms with Crippen molar-refractivity contribution in [1.29, 1.82) is 0 Å². The van der Waals surface area contributed by atoms with Crippen LogP contribution in [0.4, 0.5) is 0 Å². The van der Waals surface area contributed by atoms with E-state index in [0.717, 1.165) is 0 Å². The third-order valence-electron chi connectivity index (χ3n) is 0. The quantitative estimate of drug-likeness (QED) is 0.481. The molecule has 2 nitrogen and oxygen atoms in total. The monoisotopic (exact) mass is 162 g/mol. The molecule has 0 saturated heterocycles. The van der Waals surface area contributed by atoms with Crippen LogP contribution in [0.2, 0.25) is 0 Å². The van der Waals surface area contributed by atoms with Gasteiger partial charge in [0, 0.05) is 0 Å². The van der Waals surface area contributed by atoms with Crippen LogP contribution in [-0.2, 0) is 22.2 Å². The minimum absolute atomic E-state index is 3.27. The second-order valence-corrected chi connectivity index (χ2v) is 2.82. The fourth-order valence-corrected chi connectivity index (χ4v) is 0. The zero-order valence-electron chi connectivity index (χ0n) is 1.63. The van der Waals surface area contributed by atoms with E-state index in [1.54, 1.807) is 0 Å². The van der Waals surface area contributed by atoms with Gasteiger partial charge in [-0.2, -0.15) is 0 Å². The predicted octanol–water partition coefficient (Wildman–Crippen LogP) is 0.408. The Bertz CT molecular complexity index is 75.4. The Morgan fingerprint density at radius 2 is 1.50 bits per heavy atom. The topological polar surface area (TPSA) is 34.1 Å². The minimum atomic E-state index is -3.27. The normalized spacial score (nSPS) is 6.00. The second kappa shape index (κ2) is 1.79. The molecule has 0 unspecified atom stereocenters. The average molecular weight is 160 g/mol. The summed E-state index contributed by atoms with van der Waals surface area (Å²) < 4.78 is 17.9. The molecule has 0 heterocycles. The molecule has 0 rings (SSSR count). The average Bonchev–Trinajstić information content (AvgIpc) is 0.811. The van der Waals surface area contributed by atoms with Crippen molar-refractivity contribution >= 4 is 9.82 Å². The first-order chi connectivity index (χ1) is 1.73. The van der Waals surface area contributed by atoms with Crippen molar-refractivity contribution in [3.8, 4) is 0 Å². The summed E-state index contributed by atoms with van der Waals surface area (Å²) in [4.78, 5) is 0. The predicted molar refractivity (Wildman–Crippen MR) is 8.96 cm³/mol. The first-order valence-corrected chi connectivity index (χ1v) is 4.93. The summed E-state index contributed by atoms with van der Waals surface area (Å²) in [5.74, 6) is 0. The molecule has 4 heavy (non-hydrogen) atoms. The summed E-state index contributed by atoms with van der Waals surface area (Å²) >= 11 is -3.27. The van der Waals surface area contributed by atoms with Crippen molar-refractivity contribution in [3.05, 3.63) is 0 Å². The molecular weight excluding hydrogens is 160 g/mol. The molecule has 0 amide bonds. The Kier molecular flexibility index (Phi) is 2.02. The van der Waals surface area contributed by atoms with E-state index in [2.05, 4.69) is 9.82 Å². The van der Waals surface area contributed by atoms with Gasteiger partial charge >= 0.3 is 32.0 Å².